The van der Waals surface area contributed by atoms with Crippen LogP contribution in [-0.2, 0) is 0 Å². The summed E-state index contributed by atoms with van der Waals surface area (Å²) in [5.74, 6) is -0.0283. The Morgan fingerprint density at radius 2 is 2.40 bits per heavy atom. The molecule has 0 aromatic carbocycles. The average molecular weight is 269 g/mol. The van der Waals surface area contributed by atoms with Gasteiger partial charge in [-0.05, 0) is 25.0 Å². The Morgan fingerprint density at radius 1 is 1.53 bits per heavy atom. The lowest BCUT2D eigenvalue weighted by Gasteiger charge is -2.15. The molecule has 1 aliphatic rings. The first-order valence-electron chi connectivity index (χ1n) is 5.12. The van der Waals surface area contributed by atoms with Gasteiger partial charge in [-0.2, -0.15) is 0 Å². The normalized spacial score (nSPS) is 25.1. The second-order valence-corrected chi connectivity index (χ2v) is 4.94. The minimum Gasteiger partial charge on any atom is -0.348 e. The molecule has 1 aliphatic carbocycles. The molecule has 0 bridgehead atoms. The van der Waals surface area contributed by atoms with Crippen molar-refractivity contribution in [2.24, 2.45) is 0 Å². The summed E-state index contributed by atoms with van der Waals surface area (Å²) in [5.41, 5.74) is 0.629. The van der Waals surface area contributed by atoms with Crippen LogP contribution in [0.15, 0.2) is 24.5 Å². The number of carbonyl (C=O) groups is 1. The molecule has 1 heterocycles. The molecule has 0 radical (unpaired) electrons. The maximum absolute atomic E-state index is 11.8. The van der Waals surface area contributed by atoms with Crippen LogP contribution in [0, 0.1) is 0 Å². The van der Waals surface area contributed by atoms with Crippen molar-refractivity contribution >= 4 is 21.8 Å². The van der Waals surface area contributed by atoms with Gasteiger partial charge < -0.3 is 5.32 Å². The summed E-state index contributed by atoms with van der Waals surface area (Å²) in [5, 5.41) is 3.02. The van der Waals surface area contributed by atoms with Crippen LogP contribution in [0.5, 0.6) is 0 Å². The van der Waals surface area contributed by atoms with E-state index in [2.05, 4.69) is 26.2 Å². The zero-order chi connectivity index (χ0) is 10.7. The average Bonchev–Trinajstić information content (AvgIpc) is 2.66. The number of alkyl halides is 1. The van der Waals surface area contributed by atoms with Crippen LogP contribution in [0.4, 0.5) is 0 Å². The summed E-state index contributed by atoms with van der Waals surface area (Å²) in [4.78, 5) is 16.1. The lowest BCUT2D eigenvalue weighted by molar-refractivity contribution is 0.0938. The van der Waals surface area contributed by atoms with Crippen LogP contribution in [0.25, 0.3) is 0 Å². The third kappa shape index (κ3) is 2.56. The largest absolute Gasteiger partial charge is 0.348 e. The van der Waals surface area contributed by atoms with Crippen LogP contribution in [0.3, 0.4) is 0 Å². The maximum Gasteiger partial charge on any atom is 0.253 e. The lowest BCUT2D eigenvalue weighted by Crippen LogP contribution is -2.37. The van der Waals surface area contributed by atoms with Crippen LogP contribution < -0.4 is 5.32 Å². The van der Waals surface area contributed by atoms with E-state index in [9.17, 15) is 4.79 Å². The van der Waals surface area contributed by atoms with E-state index in [-0.39, 0.29) is 11.9 Å². The van der Waals surface area contributed by atoms with Crippen molar-refractivity contribution in [2.45, 2.75) is 30.1 Å². The Balaban J connectivity index is 1.98. The number of aromatic nitrogens is 1. The number of carbonyl (C=O) groups excluding carboxylic acids is 1. The molecule has 2 unspecified atom stereocenters. The van der Waals surface area contributed by atoms with Gasteiger partial charge in [0.05, 0.1) is 5.56 Å². The number of halogens is 1. The van der Waals surface area contributed by atoms with Crippen molar-refractivity contribution in [3.05, 3.63) is 30.1 Å². The molecule has 2 rings (SSSR count). The second-order valence-electron chi connectivity index (χ2n) is 3.77. The van der Waals surface area contributed by atoms with E-state index in [1.54, 1.807) is 24.5 Å². The zero-order valence-electron chi connectivity index (χ0n) is 8.32. The summed E-state index contributed by atoms with van der Waals surface area (Å²) in [6.45, 7) is 0. The van der Waals surface area contributed by atoms with Crippen molar-refractivity contribution in [3.63, 3.8) is 0 Å². The first kappa shape index (κ1) is 10.6. The number of nitrogens with zero attached hydrogens (tertiary/aromatic N) is 1. The lowest BCUT2D eigenvalue weighted by atomic mass is 10.2. The fourth-order valence-corrected chi connectivity index (χ4v) is 2.55. The number of pyridine rings is 1. The molecular formula is C11H13BrN2O. The predicted octanol–water partition coefficient (Wildman–Crippen LogP) is 2.13. The topological polar surface area (TPSA) is 42.0 Å². The number of rotatable bonds is 2. The van der Waals surface area contributed by atoms with Gasteiger partial charge in [0.1, 0.15) is 0 Å². The smallest absolute Gasteiger partial charge is 0.253 e. The Morgan fingerprint density at radius 3 is 3.00 bits per heavy atom. The summed E-state index contributed by atoms with van der Waals surface area (Å²) in [6.07, 6.45) is 6.63. The highest BCUT2D eigenvalue weighted by Crippen LogP contribution is 2.25. The van der Waals surface area contributed by atoms with Gasteiger partial charge in [-0.1, -0.05) is 22.4 Å². The first-order valence-corrected chi connectivity index (χ1v) is 6.04. The van der Waals surface area contributed by atoms with Crippen molar-refractivity contribution in [1.29, 1.82) is 0 Å². The van der Waals surface area contributed by atoms with Crippen LogP contribution in [0.2, 0.25) is 0 Å². The van der Waals surface area contributed by atoms with Gasteiger partial charge in [0.15, 0.2) is 0 Å². The fraction of sp³-hybridized carbons (Fsp3) is 0.455. The quantitative estimate of drug-likeness (QED) is 0.836. The van der Waals surface area contributed by atoms with E-state index in [1.165, 1.54) is 6.42 Å². The standard InChI is InChI=1S/C11H13BrN2O/c12-9-4-1-5-10(9)14-11(15)8-3-2-6-13-7-8/h2-3,6-7,9-10H,1,4-5H2,(H,14,15). The number of nitrogens with one attached hydrogen (secondary N) is 1. The van der Waals surface area contributed by atoms with Gasteiger partial charge in [0, 0.05) is 23.3 Å². The molecular weight excluding hydrogens is 256 g/mol. The summed E-state index contributed by atoms with van der Waals surface area (Å²) in [7, 11) is 0. The maximum atomic E-state index is 11.8. The summed E-state index contributed by atoms with van der Waals surface area (Å²) < 4.78 is 0. The molecule has 1 fully saturated rings. The van der Waals surface area contributed by atoms with E-state index in [0.29, 0.717) is 10.4 Å². The molecule has 80 valence electrons. The Kier molecular flexibility index (Phi) is 3.36. The van der Waals surface area contributed by atoms with Crippen LogP contribution in [-0.4, -0.2) is 21.8 Å². The fourth-order valence-electron chi connectivity index (χ4n) is 1.83. The summed E-state index contributed by atoms with van der Waals surface area (Å²) >= 11 is 3.58. The number of hydrogen-bond donors (Lipinski definition) is 1. The monoisotopic (exact) mass is 268 g/mol. The molecule has 0 spiro atoms. The molecule has 1 N–H and O–H groups in total. The first-order chi connectivity index (χ1) is 7.27. The highest BCUT2D eigenvalue weighted by Gasteiger charge is 2.26. The third-order valence-corrected chi connectivity index (χ3v) is 3.77. The number of hydrogen-bond acceptors (Lipinski definition) is 2. The van der Waals surface area contributed by atoms with Gasteiger partial charge in [-0.3, -0.25) is 9.78 Å². The zero-order valence-corrected chi connectivity index (χ0v) is 9.90. The van der Waals surface area contributed by atoms with E-state index < -0.39 is 0 Å². The van der Waals surface area contributed by atoms with E-state index in [0.717, 1.165) is 12.8 Å². The van der Waals surface area contributed by atoms with Gasteiger partial charge >= 0.3 is 0 Å². The Bertz CT molecular complexity index is 342. The van der Waals surface area contributed by atoms with Gasteiger partial charge in [-0.25, -0.2) is 0 Å². The summed E-state index contributed by atoms with van der Waals surface area (Å²) in [6, 6.07) is 3.81. The Labute approximate surface area is 97.4 Å². The van der Waals surface area contributed by atoms with E-state index >= 15 is 0 Å². The predicted molar refractivity (Wildman–Crippen MR) is 62.1 cm³/mol. The molecule has 2 atom stereocenters. The van der Waals surface area contributed by atoms with E-state index in [1.807, 2.05) is 0 Å². The van der Waals surface area contributed by atoms with Crippen molar-refractivity contribution in [1.82, 2.24) is 10.3 Å². The van der Waals surface area contributed by atoms with E-state index in [4.69, 9.17) is 0 Å². The number of amides is 1. The molecule has 15 heavy (non-hydrogen) atoms. The molecule has 1 amide bonds. The minimum atomic E-state index is -0.0283. The van der Waals surface area contributed by atoms with Gasteiger partial charge in [0.2, 0.25) is 0 Å². The minimum absolute atomic E-state index is 0.0283. The molecule has 3 nitrogen and oxygen atoms in total. The molecule has 4 heteroatoms. The highest BCUT2D eigenvalue weighted by atomic mass is 79.9. The van der Waals surface area contributed by atoms with Crippen molar-refractivity contribution in [2.75, 3.05) is 0 Å². The van der Waals surface area contributed by atoms with Crippen LogP contribution >= 0.6 is 15.9 Å². The molecule has 1 aromatic heterocycles. The molecule has 1 aromatic rings. The highest BCUT2D eigenvalue weighted by molar-refractivity contribution is 9.09. The molecule has 0 saturated heterocycles. The third-order valence-electron chi connectivity index (χ3n) is 2.67. The Hall–Kier alpha value is -0.900. The SMILES string of the molecule is O=C(NC1CCCC1Br)c1cccnc1. The molecule has 1 saturated carbocycles. The molecule has 0 aliphatic heterocycles. The van der Waals surface area contributed by atoms with Gasteiger partial charge in [-0.15, -0.1) is 0 Å². The van der Waals surface area contributed by atoms with Crippen LogP contribution in [0.1, 0.15) is 29.6 Å². The second kappa shape index (κ2) is 4.75. The van der Waals surface area contributed by atoms with Crippen molar-refractivity contribution < 1.29 is 4.79 Å². The van der Waals surface area contributed by atoms with Gasteiger partial charge in [0.25, 0.3) is 5.91 Å². The van der Waals surface area contributed by atoms with Crippen molar-refractivity contribution in [3.8, 4) is 0 Å².